The van der Waals surface area contributed by atoms with Crippen LogP contribution in [0.1, 0.15) is 17.5 Å². The normalized spacial score (nSPS) is 11.2. The molecule has 0 aliphatic heterocycles. The zero-order valence-corrected chi connectivity index (χ0v) is 13.1. The molecular weight excluding hydrogens is 282 g/mol. The van der Waals surface area contributed by atoms with E-state index in [9.17, 15) is 0 Å². The van der Waals surface area contributed by atoms with Gasteiger partial charge in [0, 0.05) is 23.1 Å². The standard InChI is InChI=1S/C16H19N3OS/c1-3-20-13-6-4-12(5-7-13)15-14(8-9-17)19-10-11(2)21-16(19)18-15/h4-7,10H,3,8-9,17H2,1-2H3. The summed E-state index contributed by atoms with van der Waals surface area (Å²) < 4.78 is 7.66. The van der Waals surface area contributed by atoms with Crippen molar-refractivity contribution in [3.8, 4) is 17.0 Å². The van der Waals surface area contributed by atoms with Crippen molar-refractivity contribution in [3.05, 3.63) is 41.0 Å². The van der Waals surface area contributed by atoms with Gasteiger partial charge < -0.3 is 10.5 Å². The molecule has 2 heterocycles. The first kappa shape index (κ1) is 14.1. The van der Waals surface area contributed by atoms with E-state index in [1.54, 1.807) is 11.3 Å². The fraction of sp³-hybridized carbons (Fsp3) is 0.312. The summed E-state index contributed by atoms with van der Waals surface area (Å²) in [5, 5.41) is 0. The molecule has 1 aromatic carbocycles. The molecular formula is C16H19N3OS. The molecule has 110 valence electrons. The van der Waals surface area contributed by atoms with Crippen molar-refractivity contribution < 1.29 is 4.74 Å². The Balaban J connectivity index is 2.05. The van der Waals surface area contributed by atoms with Gasteiger partial charge in [-0.25, -0.2) is 4.98 Å². The smallest absolute Gasteiger partial charge is 0.194 e. The van der Waals surface area contributed by atoms with E-state index in [1.807, 2.05) is 19.1 Å². The van der Waals surface area contributed by atoms with Gasteiger partial charge in [0.15, 0.2) is 4.96 Å². The Labute approximate surface area is 128 Å². The van der Waals surface area contributed by atoms with Gasteiger partial charge in [-0.15, -0.1) is 11.3 Å². The van der Waals surface area contributed by atoms with Gasteiger partial charge in [0.1, 0.15) is 5.75 Å². The Kier molecular flexibility index (Phi) is 3.94. The molecule has 21 heavy (non-hydrogen) atoms. The predicted molar refractivity (Wildman–Crippen MR) is 87.2 cm³/mol. The largest absolute Gasteiger partial charge is 0.494 e. The van der Waals surface area contributed by atoms with Crippen molar-refractivity contribution in [3.63, 3.8) is 0 Å². The van der Waals surface area contributed by atoms with Crippen LogP contribution >= 0.6 is 11.3 Å². The van der Waals surface area contributed by atoms with Crippen LogP contribution in [0.15, 0.2) is 30.5 Å². The SMILES string of the molecule is CCOc1ccc(-c2nc3sc(C)cn3c2CCN)cc1. The van der Waals surface area contributed by atoms with Crippen LogP contribution in [0.4, 0.5) is 0 Å². The number of benzene rings is 1. The second kappa shape index (κ2) is 5.87. The lowest BCUT2D eigenvalue weighted by Gasteiger charge is -2.05. The van der Waals surface area contributed by atoms with E-state index >= 15 is 0 Å². The zero-order chi connectivity index (χ0) is 14.8. The number of ether oxygens (including phenoxy) is 1. The molecule has 0 aliphatic carbocycles. The number of nitrogens with zero attached hydrogens (tertiary/aromatic N) is 2. The topological polar surface area (TPSA) is 52.5 Å². The molecule has 0 bridgehead atoms. The van der Waals surface area contributed by atoms with Gasteiger partial charge in [-0.3, -0.25) is 4.40 Å². The van der Waals surface area contributed by atoms with E-state index in [2.05, 4.69) is 29.7 Å². The monoisotopic (exact) mass is 301 g/mol. The maximum Gasteiger partial charge on any atom is 0.194 e. The number of hydrogen-bond acceptors (Lipinski definition) is 4. The Morgan fingerprint density at radius 3 is 2.71 bits per heavy atom. The van der Waals surface area contributed by atoms with Gasteiger partial charge in [-0.1, -0.05) is 0 Å². The van der Waals surface area contributed by atoms with E-state index in [-0.39, 0.29) is 0 Å². The second-order valence-electron chi connectivity index (χ2n) is 4.90. The van der Waals surface area contributed by atoms with Gasteiger partial charge in [-0.05, 0) is 44.7 Å². The summed E-state index contributed by atoms with van der Waals surface area (Å²) >= 11 is 1.71. The van der Waals surface area contributed by atoms with Crippen LogP contribution in [0.5, 0.6) is 5.75 Å². The maximum atomic E-state index is 5.77. The third-order valence-electron chi connectivity index (χ3n) is 3.36. The first-order chi connectivity index (χ1) is 10.2. The molecule has 3 rings (SSSR count). The molecule has 2 N–H and O–H groups in total. The van der Waals surface area contributed by atoms with Crippen LogP contribution in [-0.4, -0.2) is 22.5 Å². The highest BCUT2D eigenvalue weighted by atomic mass is 32.1. The number of nitrogens with two attached hydrogens (primary N) is 1. The average molecular weight is 301 g/mol. The molecule has 5 heteroatoms. The summed E-state index contributed by atoms with van der Waals surface area (Å²) in [5.41, 5.74) is 9.08. The van der Waals surface area contributed by atoms with Crippen molar-refractivity contribution in [2.24, 2.45) is 5.73 Å². The summed E-state index contributed by atoms with van der Waals surface area (Å²) in [7, 11) is 0. The van der Waals surface area contributed by atoms with Crippen LogP contribution < -0.4 is 10.5 Å². The highest BCUT2D eigenvalue weighted by Crippen LogP contribution is 2.29. The molecule has 0 saturated heterocycles. The van der Waals surface area contributed by atoms with Gasteiger partial charge in [0.2, 0.25) is 0 Å². The number of aryl methyl sites for hydroxylation is 1. The zero-order valence-electron chi connectivity index (χ0n) is 12.3. The molecule has 0 amide bonds. The molecule has 0 atom stereocenters. The van der Waals surface area contributed by atoms with E-state index in [0.717, 1.165) is 28.4 Å². The summed E-state index contributed by atoms with van der Waals surface area (Å²) in [6.45, 7) is 5.38. The Hall–Kier alpha value is -1.85. The molecule has 0 saturated carbocycles. The van der Waals surface area contributed by atoms with Crippen molar-refractivity contribution in [1.29, 1.82) is 0 Å². The predicted octanol–water partition coefficient (Wildman–Crippen LogP) is 3.27. The number of fused-ring (bicyclic) bond motifs is 1. The lowest BCUT2D eigenvalue weighted by molar-refractivity contribution is 0.340. The van der Waals surface area contributed by atoms with Crippen molar-refractivity contribution in [2.75, 3.05) is 13.2 Å². The summed E-state index contributed by atoms with van der Waals surface area (Å²) in [6.07, 6.45) is 2.95. The first-order valence-corrected chi connectivity index (χ1v) is 7.95. The minimum Gasteiger partial charge on any atom is -0.494 e. The molecule has 0 spiro atoms. The number of hydrogen-bond donors (Lipinski definition) is 1. The minimum atomic E-state index is 0.618. The third-order valence-corrected chi connectivity index (χ3v) is 4.26. The Morgan fingerprint density at radius 1 is 1.29 bits per heavy atom. The fourth-order valence-electron chi connectivity index (χ4n) is 2.48. The van der Waals surface area contributed by atoms with Gasteiger partial charge in [-0.2, -0.15) is 0 Å². The third kappa shape index (κ3) is 2.66. The number of rotatable bonds is 5. The van der Waals surface area contributed by atoms with E-state index < -0.39 is 0 Å². The molecule has 4 nitrogen and oxygen atoms in total. The van der Waals surface area contributed by atoms with Crippen molar-refractivity contribution >= 4 is 16.3 Å². The van der Waals surface area contributed by atoms with Gasteiger partial charge in [0.05, 0.1) is 18.0 Å². The van der Waals surface area contributed by atoms with Crippen LogP contribution in [0.25, 0.3) is 16.2 Å². The van der Waals surface area contributed by atoms with Crippen LogP contribution in [-0.2, 0) is 6.42 Å². The molecule has 0 unspecified atom stereocenters. The van der Waals surface area contributed by atoms with Crippen LogP contribution in [0, 0.1) is 6.92 Å². The average Bonchev–Trinajstić information content (AvgIpc) is 2.98. The van der Waals surface area contributed by atoms with E-state index in [1.165, 1.54) is 10.6 Å². The Morgan fingerprint density at radius 2 is 2.05 bits per heavy atom. The number of aromatic nitrogens is 2. The Bertz CT molecular complexity index is 743. The number of imidazole rings is 1. The van der Waals surface area contributed by atoms with Crippen molar-refractivity contribution in [1.82, 2.24) is 9.38 Å². The molecule has 0 aliphatic rings. The highest BCUT2D eigenvalue weighted by Gasteiger charge is 2.15. The van der Waals surface area contributed by atoms with Gasteiger partial charge in [0.25, 0.3) is 0 Å². The van der Waals surface area contributed by atoms with E-state index in [4.69, 9.17) is 15.5 Å². The lowest BCUT2D eigenvalue weighted by Crippen LogP contribution is -2.05. The quantitative estimate of drug-likeness (QED) is 0.787. The maximum absolute atomic E-state index is 5.77. The molecule has 2 aromatic heterocycles. The summed E-state index contributed by atoms with van der Waals surface area (Å²) in [4.78, 5) is 7.07. The first-order valence-electron chi connectivity index (χ1n) is 7.13. The minimum absolute atomic E-state index is 0.618. The fourth-order valence-corrected chi connectivity index (χ4v) is 3.33. The van der Waals surface area contributed by atoms with Crippen LogP contribution in [0.3, 0.4) is 0 Å². The van der Waals surface area contributed by atoms with Crippen LogP contribution in [0.2, 0.25) is 0 Å². The lowest BCUT2D eigenvalue weighted by atomic mass is 10.1. The highest BCUT2D eigenvalue weighted by molar-refractivity contribution is 7.17. The van der Waals surface area contributed by atoms with Gasteiger partial charge >= 0.3 is 0 Å². The number of thiazole rings is 1. The summed E-state index contributed by atoms with van der Waals surface area (Å²) in [5.74, 6) is 0.887. The summed E-state index contributed by atoms with van der Waals surface area (Å²) in [6, 6.07) is 8.10. The second-order valence-corrected chi connectivity index (χ2v) is 6.11. The molecule has 0 fully saturated rings. The van der Waals surface area contributed by atoms with E-state index in [0.29, 0.717) is 13.2 Å². The molecule has 3 aromatic rings. The van der Waals surface area contributed by atoms with Crippen molar-refractivity contribution in [2.45, 2.75) is 20.3 Å². The molecule has 0 radical (unpaired) electrons.